The predicted octanol–water partition coefficient (Wildman–Crippen LogP) is 3.72. The molecule has 0 bridgehead atoms. The molecule has 1 aromatic heterocycles. The predicted molar refractivity (Wildman–Crippen MR) is 70.3 cm³/mol. The maximum Gasteiger partial charge on any atom is 0.207 e. The van der Waals surface area contributed by atoms with Crippen molar-refractivity contribution in [2.45, 2.75) is 10.6 Å². The minimum Gasteiger partial charge on any atom is -0.398 e. The lowest BCUT2D eigenvalue weighted by Gasteiger charge is -2.01. The second-order valence-corrected chi connectivity index (χ2v) is 6.02. The zero-order chi connectivity index (χ0) is 11.5. The summed E-state index contributed by atoms with van der Waals surface area (Å²) >= 11 is 14.6. The summed E-state index contributed by atoms with van der Waals surface area (Å²) in [4.78, 5) is 1.05. The van der Waals surface area contributed by atoms with Crippen molar-refractivity contribution in [3.05, 3.63) is 32.7 Å². The molecule has 0 aliphatic rings. The Labute approximate surface area is 111 Å². The lowest BCUT2D eigenvalue weighted by Crippen LogP contribution is -1.86. The summed E-state index contributed by atoms with van der Waals surface area (Å²) in [5, 5.41) is 9.13. The minimum absolute atomic E-state index is 0.464. The number of halogens is 2. The summed E-state index contributed by atoms with van der Waals surface area (Å²) in [6.45, 7) is 0. The summed E-state index contributed by atoms with van der Waals surface area (Å²) in [6.07, 6.45) is 0. The molecular formula is C9H7Cl2N3S2. The molecule has 0 saturated heterocycles. The van der Waals surface area contributed by atoms with Gasteiger partial charge in [-0.3, -0.25) is 0 Å². The van der Waals surface area contributed by atoms with Gasteiger partial charge >= 0.3 is 0 Å². The van der Waals surface area contributed by atoms with Crippen molar-refractivity contribution < 1.29 is 0 Å². The fourth-order valence-corrected chi connectivity index (χ4v) is 3.07. The summed E-state index contributed by atoms with van der Waals surface area (Å²) < 4.78 is 0.464. The van der Waals surface area contributed by atoms with Crippen LogP contribution in [0.2, 0.25) is 9.49 Å². The van der Waals surface area contributed by atoms with E-state index in [1.165, 1.54) is 11.3 Å². The molecule has 0 radical (unpaired) electrons. The van der Waals surface area contributed by atoms with E-state index in [9.17, 15) is 0 Å². The number of rotatable bonds is 3. The molecule has 0 atom stereocenters. The number of hydrogen-bond acceptors (Lipinski definition) is 5. The van der Waals surface area contributed by atoms with E-state index in [0.29, 0.717) is 15.2 Å². The second kappa shape index (κ2) is 5.23. The quantitative estimate of drug-likeness (QED) is 0.692. The van der Waals surface area contributed by atoms with Gasteiger partial charge in [0.15, 0.2) is 0 Å². The van der Waals surface area contributed by atoms with Gasteiger partial charge in [-0.1, -0.05) is 22.9 Å². The average molecular weight is 292 g/mol. The van der Waals surface area contributed by atoms with Crippen molar-refractivity contribution in [3.63, 3.8) is 0 Å². The van der Waals surface area contributed by atoms with Crippen LogP contribution in [0.4, 0.5) is 5.69 Å². The average Bonchev–Trinajstić information content (AvgIpc) is 2.66. The Bertz CT molecular complexity index is 501. The molecule has 0 aliphatic heterocycles. The van der Waals surface area contributed by atoms with Gasteiger partial charge in [0.25, 0.3) is 0 Å². The highest BCUT2D eigenvalue weighted by molar-refractivity contribution is 7.98. The molecule has 0 unspecified atom stereocenters. The Kier molecular flexibility index (Phi) is 3.91. The van der Waals surface area contributed by atoms with Gasteiger partial charge in [-0.2, -0.15) is 0 Å². The summed E-state index contributed by atoms with van der Waals surface area (Å²) in [6, 6.07) is 5.55. The molecule has 3 nitrogen and oxygen atoms in total. The number of nitrogen functional groups attached to an aromatic ring is 1. The maximum atomic E-state index is 5.91. The van der Waals surface area contributed by atoms with Crippen molar-refractivity contribution in [1.82, 2.24) is 10.2 Å². The number of thioether (sulfide) groups is 1. The first kappa shape index (κ1) is 12.0. The number of hydrogen-bond donors (Lipinski definition) is 1. The normalized spacial score (nSPS) is 10.6. The zero-order valence-electron chi connectivity index (χ0n) is 7.98. The topological polar surface area (TPSA) is 51.8 Å². The van der Waals surface area contributed by atoms with Crippen LogP contribution in [0.25, 0.3) is 0 Å². The first-order valence-corrected chi connectivity index (χ1v) is 6.86. The van der Waals surface area contributed by atoms with Crippen LogP contribution in [0.5, 0.6) is 0 Å². The van der Waals surface area contributed by atoms with Crippen LogP contribution in [0, 0.1) is 0 Å². The van der Waals surface area contributed by atoms with Gasteiger partial charge in [0.2, 0.25) is 4.47 Å². The smallest absolute Gasteiger partial charge is 0.207 e. The van der Waals surface area contributed by atoms with Gasteiger partial charge in [-0.15, -0.1) is 22.0 Å². The zero-order valence-corrected chi connectivity index (χ0v) is 11.1. The Hall–Kier alpha value is -0.490. The molecule has 84 valence electrons. The molecule has 0 amide bonds. The highest BCUT2D eigenvalue weighted by Gasteiger charge is 2.04. The summed E-state index contributed by atoms with van der Waals surface area (Å²) in [5.41, 5.74) is 6.21. The van der Waals surface area contributed by atoms with Crippen LogP contribution in [0.1, 0.15) is 5.01 Å². The van der Waals surface area contributed by atoms with Gasteiger partial charge in [0.1, 0.15) is 5.01 Å². The van der Waals surface area contributed by atoms with Crippen LogP contribution in [-0.2, 0) is 5.75 Å². The molecule has 0 saturated carbocycles. The van der Waals surface area contributed by atoms with Crippen molar-refractivity contribution in [3.8, 4) is 0 Å². The summed E-state index contributed by atoms with van der Waals surface area (Å²) in [7, 11) is 0. The summed E-state index contributed by atoms with van der Waals surface area (Å²) in [5.74, 6) is 0.727. The largest absolute Gasteiger partial charge is 0.398 e. The van der Waals surface area contributed by atoms with Crippen LogP contribution >= 0.6 is 46.3 Å². The molecule has 2 aromatic rings. The molecule has 0 aliphatic carbocycles. The van der Waals surface area contributed by atoms with Crippen LogP contribution < -0.4 is 5.73 Å². The van der Waals surface area contributed by atoms with E-state index in [0.717, 1.165) is 15.7 Å². The Morgan fingerprint density at radius 3 is 2.75 bits per heavy atom. The van der Waals surface area contributed by atoms with Gasteiger partial charge in [-0.25, -0.2) is 0 Å². The van der Waals surface area contributed by atoms with Crippen LogP contribution in [0.3, 0.4) is 0 Å². The molecule has 7 heteroatoms. The second-order valence-electron chi connectivity index (χ2n) is 2.92. The fourth-order valence-electron chi connectivity index (χ4n) is 1.03. The van der Waals surface area contributed by atoms with E-state index in [-0.39, 0.29) is 0 Å². The molecule has 2 rings (SSSR count). The molecule has 1 aromatic carbocycles. The molecular weight excluding hydrogens is 285 g/mol. The minimum atomic E-state index is 0.464. The Morgan fingerprint density at radius 2 is 2.12 bits per heavy atom. The third-order valence-corrected chi connectivity index (χ3v) is 4.31. The van der Waals surface area contributed by atoms with Gasteiger partial charge in [0, 0.05) is 4.90 Å². The van der Waals surface area contributed by atoms with E-state index < -0.39 is 0 Å². The molecule has 0 spiro atoms. The highest BCUT2D eigenvalue weighted by atomic mass is 35.5. The van der Waals surface area contributed by atoms with Crippen molar-refractivity contribution >= 4 is 52.0 Å². The van der Waals surface area contributed by atoms with Crippen molar-refractivity contribution in [1.29, 1.82) is 0 Å². The van der Waals surface area contributed by atoms with Gasteiger partial charge in [-0.05, 0) is 29.8 Å². The van der Waals surface area contributed by atoms with Gasteiger partial charge in [0.05, 0.1) is 16.5 Å². The molecule has 2 N–H and O–H groups in total. The van der Waals surface area contributed by atoms with Crippen molar-refractivity contribution in [2.75, 3.05) is 5.73 Å². The number of nitrogens with two attached hydrogens (primary N) is 1. The van der Waals surface area contributed by atoms with E-state index in [1.807, 2.05) is 12.1 Å². The molecule has 0 fully saturated rings. The number of nitrogens with zero attached hydrogens (tertiary/aromatic N) is 2. The van der Waals surface area contributed by atoms with E-state index in [4.69, 9.17) is 28.9 Å². The monoisotopic (exact) mass is 291 g/mol. The standard InChI is InChI=1S/C9H7Cl2N3S2/c10-6-3-5(1-2-7(6)12)15-4-8-13-14-9(11)16-8/h1-3H,4,12H2. The molecule has 1 heterocycles. The van der Waals surface area contributed by atoms with Crippen molar-refractivity contribution in [2.24, 2.45) is 0 Å². The highest BCUT2D eigenvalue weighted by Crippen LogP contribution is 2.29. The maximum absolute atomic E-state index is 5.91. The third kappa shape index (κ3) is 3.01. The van der Waals surface area contributed by atoms with E-state index >= 15 is 0 Å². The first-order chi connectivity index (χ1) is 7.65. The van der Waals surface area contributed by atoms with Crippen LogP contribution in [0.15, 0.2) is 23.1 Å². The van der Waals surface area contributed by atoms with Gasteiger partial charge < -0.3 is 5.73 Å². The lowest BCUT2D eigenvalue weighted by atomic mass is 10.3. The lowest BCUT2D eigenvalue weighted by molar-refractivity contribution is 1.04. The number of benzene rings is 1. The number of anilines is 1. The Balaban J connectivity index is 2.02. The third-order valence-electron chi connectivity index (χ3n) is 1.78. The van der Waals surface area contributed by atoms with Crippen LogP contribution in [-0.4, -0.2) is 10.2 Å². The molecule has 16 heavy (non-hydrogen) atoms. The Morgan fingerprint density at radius 1 is 1.31 bits per heavy atom. The SMILES string of the molecule is Nc1ccc(SCc2nnc(Cl)s2)cc1Cl. The fraction of sp³-hybridized carbons (Fsp3) is 0.111. The number of aromatic nitrogens is 2. The first-order valence-electron chi connectivity index (χ1n) is 4.31. The van der Waals surface area contributed by atoms with E-state index in [1.54, 1.807) is 17.8 Å². The van der Waals surface area contributed by atoms with E-state index in [2.05, 4.69) is 10.2 Å².